The van der Waals surface area contributed by atoms with E-state index in [9.17, 15) is 24.0 Å². The molecule has 3 unspecified atom stereocenters. The molecule has 4 fully saturated rings. The summed E-state index contributed by atoms with van der Waals surface area (Å²) in [5.41, 5.74) is 1.18. The van der Waals surface area contributed by atoms with Gasteiger partial charge in [0.15, 0.2) is 0 Å². The van der Waals surface area contributed by atoms with Crippen LogP contribution in [0.4, 0.5) is 0 Å². The van der Waals surface area contributed by atoms with E-state index in [-0.39, 0.29) is 29.7 Å². The van der Waals surface area contributed by atoms with E-state index in [1.54, 1.807) is 4.90 Å². The highest BCUT2D eigenvalue weighted by atomic mass is 32.1. The van der Waals surface area contributed by atoms with E-state index in [4.69, 9.17) is 0 Å². The zero-order valence-corrected chi connectivity index (χ0v) is 22.9. The molecule has 0 radical (unpaired) electrons. The highest BCUT2D eigenvalue weighted by Gasteiger charge is 2.51. The number of piperidine rings is 1. The van der Waals surface area contributed by atoms with Gasteiger partial charge in [-0.05, 0) is 86.8 Å². The Kier molecular flexibility index (Phi) is 6.69. The molecule has 2 aliphatic carbocycles. The van der Waals surface area contributed by atoms with Crippen LogP contribution in [0.2, 0.25) is 0 Å². The molecule has 3 atom stereocenters. The van der Waals surface area contributed by atoms with Crippen molar-refractivity contribution in [2.24, 2.45) is 11.3 Å². The van der Waals surface area contributed by atoms with Gasteiger partial charge in [0, 0.05) is 29.7 Å². The molecule has 10 heteroatoms. The molecule has 1 aromatic carbocycles. The lowest BCUT2D eigenvalue weighted by molar-refractivity contribution is -0.141. The van der Waals surface area contributed by atoms with Crippen molar-refractivity contribution in [2.75, 3.05) is 13.1 Å². The van der Waals surface area contributed by atoms with Gasteiger partial charge in [-0.3, -0.25) is 24.0 Å². The highest BCUT2D eigenvalue weighted by molar-refractivity contribution is 7.20. The number of ketones is 1. The summed E-state index contributed by atoms with van der Waals surface area (Å²) in [5.74, 6) is -2.69. The average Bonchev–Trinajstić information content (AvgIpc) is 3.80. The maximum absolute atomic E-state index is 13.8. The fourth-order valence-electron chi connectivity index (χ4n) is 5.93. The van der Waals surface area contributed by atoms with Crippen LogP contribution in [0.3, 0.4) is 0 Å². The van der Waals surface area contributed by atoms with Crippen LogP contribution in [-0.2, 0) is 19.2 Å². The predicted octanol–water partition coefficient (Wildman–Crippen LogP) is 2.45. The van der Waals surface area contributed by atoms with Crippen molar-refractivity contribution in [3.63, 3.8) is 0 Å². The van der Waals surface area contributed by atoms with Gasteiger partial charge in [-0.1, -0.05) is 12.1 Å². The molecule has 9 nitrogen and oxygen atoms in total. The molecule has 2 aliphatic heterocycles. The number of carbonyl (C=O) groups is 5. The van der Waals surface area contributed by atoms with E-state index < -0.39 is 35.6 Å². The molecule has 3 N–H and O–H groups in total. The summed E-state index contributed by atoms with van der Waals surface area (Å²) in [6, 6.07) is 6.09. The van der Waals surface area contributed by atoms with Crippen LogP contribution in [0.15, 0.2) is 24.3 Å². The van der Waals surface area contributed by atoms with Gasteiger partial charge >= 0.3 is 0 Å². The van der Waals surface area contributed by atoms with Gasteiger partial charge in [0.1, 0.15) is 6.04 Å². The Bertz CT molecular complexity index is 1360. The van der Waals surface area contributed by atoms with Crippen LogP contribution in [0, 0.1) is 18.3 Å². The van der Waals surface area contributed by atoms with Crippen molar-refractivity contribution in [3.05, 3.63) is 34.7 Å². The molecule has 2 aromatic rings. The van der Waals surface area contributed by atoms with E-state index >= 15 is 0 Å². The molecule has 2 saturated heterocycles. The number of carbonyl (C=O) groups excluding carboxylic acids is 5. The quantitative estimate of drug-likeness (QED) is 0.436. The van der Waals surface area contributed by atoms with Gasteiger partial charge in [0.05, 0.1) is 10.9 Å². The van der Waals surface area contributed by atoms with E-state index in [2.05, 4.69) is 22.0 Å². The summed E-state index contributed by atoms with van der Waals surface area (Å²) in [7, 11) is 0. The van der Waals surface area contributed by atoms with E-state index in [0.29, 0.717) is 30.8 Å². The number of nitrogens with zero attached hydrogens (tertiary/aromatic N) is 1. The van der Waals surface area contributed by atoms with Crippen LogP contribution in [0.5, 0.6) is 0 Å². The molecule has 39 heavy (non-hydrogen) atoms. The number of aryl methyl sites for hydroxylation is 1. The van der Waals surface area contributed by atoms with Gasteiger partial charge in [-0.15, -0.1) is 11.3 Å². The van der Waals surface area contributed by atoms with E-state index in [1.807, 2.05) is 25.1 Å². The van der Waals surface area contributed by atoms with E-state index in [0.717, 1.165) is 47.8 Å². The Morgan fingerprint density at radius 1 is 1.13 bits per heavy atom. The third-order valence-corrected chi connectivity index (χ3v) is 9.83. The third kappa shape index (κ3) is 5.44. The van der Waals surface area contributed by atoms with Gasteiger partial charge in [-0.2, -0.15) is 0 Å². The minimum atomic E-state index is -1.12. The lowest BCUT2D eigenvalue weighted by atomic mass is 9.86. The molecule has 6 rings (SSSR count). The molecule has 2 saturated carbocycles. The van der Waals surface area contributed by atoms with Crippen molar-refractivity contribution >= 4 is 50.8 Å². The summed E-state index contributed by atoms with van der Waals surface area (Å²) < 4.78 is 1.03. The zero-order valence-electron chi connectivity index (χ0n) is 22.1. The molecule has 0 bridgehead atoms. The predicted molar refractivity (Wildman–Crippen MR) is 146 cm³/mol. The minimum Gasteiger partial charge on any atom is -0.356 e. The Labute approximate surface area is 231 Å². The van der Waals surface area contributed by atoms with Crippen LogP contribution < -0.4 is 16.0 Å². The van der Waals surface area contributed by atoms with E-state index in [1.165, 1.54) is 11.3 Å². The first-order valence-corrected chi connectivity index (χ1v) is 14.8. The Morgan fingerprint density at radius 3 is 2.62 bits per heavy atom. The second-order valence-electron chi connectivity index (χ2n) is 11.8. The lowest BCUT2D eigenvalue weighted by Crippen LogP contribution is -2.58. The number of likely N-dealkylation sites (tertiary alicyclic amines) is 1. The smallest absolute Gasteiger partial charge is 0.289 e. The Balaban J connectivity index is 1.23. The Hall–Kier alpha value is -3.27. The summed E-state index contributed by atoms with van der Waals surface area (Å²) in [6.07, 6.45) is 5.71. The lowest BCUT2D eigenvalue weighted by Gasteiger charge is -2.39. The van der Waals surface area contributed by atoms with Crippen LogP contribution in [-0.4, -0.2) is 65.5 Å². The largest absolute Gasteiger partial charge is 0.356 e. The maximum Gasteiger partial charge on any atom is 0.289 e. The summed E-state index contributed by atoms with van der Waals surface area (Å²) in [4.78, 5) is 67.9. The fraction of sp³-hybridized carbons (Fsp3) is 0.552. The number of benzene rings is 1. The van der Waals surface area contributed by atoms with Gasteiger partial charge in [0.2, 0.25) is 17.6 Å². The number of nitrogens with one attached hydrogen (secondary N) is 3. The van der Waals surface area contributed by atoms with Crippen molar-refractivity contribution in [1.29, 1.82) is 0 Å². The van der Waals surface area contributed by atoms with Crippen molar-refractivity contribution < 1.29 is 24.0 Å². The number of amides is 4. The average molecular weight is 551 g/mol. The summed E-state index contributed by atoms with van der Waals surface area (Å²) in [6.45, 7) is 2.99. The number of hydrogen-bond donors (Lipinski definition) is 3. The first kappa shape index (κ1) is 26.0. The molecule has 1 aromatic heterocycles. The second-order valence-corrected chi connectivity index (χ2v) is 12.9. The highest BCUT2D eigenvalue weighted by Crippen LogP contribution is 2.55. The summed E-state index contributed by atoms with van der Waals surface area (Å²) >= 11 is 1.42. The zero-order chi connectivity index (χ0) is 27.3. The second kappa shape index (κ2) is 10.0. The molecule has 4 amide bonds. The Morgan fingerprint density at radius 2 is 1.92 bits per heavy atom. The standard InChI is InChI=1S/C29H34N4O5S/c1-16-2-3-17-14-23(39-22(17)12-16)28(38)33-11-9-29(7-8-29)15-21(33)26(36)32-20(13-18-6-10-30-25(18)35)24(34)27(37)31-19-4-5-19/h2-3,12,14,18-21H,4-11,13,15H2,1H3,(H,30,35)(H,31,37)(H,32,36). The number of fused-ring (bicyclic) bond motifs is 1. The molecule has 1 spiro atoms. The van der Waals surface area contributed by atoms with Gasteiger partial charge in [0.25, 0.3) is 11.8 Å². The van der Waals surface area contributed by atoms with Crippen LogP contribution >= 0.6 is 11.3 Å². The number of rotatable bonds is 8. The molecular weight excluding hydrogens is 516 g/mol. The molecule has 206 valence electrons. The molecular formula is C29H34N4O5S. The van der Waals surface area contributed by atoms with Crippen molar-refractivity contribution in [3.8, 4) is 0 Å². The summed E-state index contributed by atoms with van der Waals surface area (Å²) in [5, 5.41) is 9.29. The fourth-order valence-corrected chi connectivity index (χ4v) is 7.04. The minimum absolute atomic E-state index is 0.00106. The number of Topliss-reactive ketones (excluding diaryl/α,β-unsaturated/α-hetero) is 1. The number of thiophene rings is 1. The topological polar surface area (TPSA) is 125 Å². The SMILES string of the molecule is Cc1ccc2cc(C(=O)N3CCC4(CC4)CC3C(=O)NC(CC3CCNC3=O)C(=O)C(=O)NC3CC3)sc2c1. The van der Waals surface area contributed by atoms with Crippen molar-refractivity contribution in [2.45, 2.75) is 76.4 Å². The van der Waals surface area contributed by atoms with Crippen LogP contribution in [0.1, 0.15) is 66.6 Å². The normalized spacial score (nSPS) is 24.3. The van der Waals surface area contributed by atoms with Crippen LogP contribution in [0.25, 0.3) is 10.1 Å². The number of hydrogen-bond acceptors (Lipinski definition) is 6. The first-order chi connectivity index (χ1) is 18.7. The van der Waals surface area contributed by atoms with Gasteiger partial charge < -0.3 is 20.9 Å². The molecule has 4 aliphatic rings. The van der Waals surface area contributed by atoms with Crippen molar-refractivity contribution in [1.82, 2.24) is 20.9 Å². The third-order valence-electron chi connectivity index (χ3n) is 8.74. The molecule has 3 heterocycles. The van der Waals surface area contributed by atoms with Gasteiger partial charge in [-0.25, -0.2) is 0 Å². The maximum atomic E-state index is 13.8. The monoisotopic (exact) mass is 550 g/mol. The first-order valence-electron chi connectivity index (χ1n) is 14.0.